The smallest absolute Gasteiger partial charge is 0.234 e. The van der Waals surface area contributed by atoms with Crippen molar-refractivity contribution < 1.29 is 9.59 Å². The van der Waals surface area contributed by atoms with Crippen molar-refractivity contribution in [3.05, 3.63) is 35.9 Å². The van der Waals surface area contributed by atoms with Crippen LogP contribution in [0.2, 0.25) is 0 Å². The first-order chi connectivity index (χ1) is 12.1. The van der Waals surface area contributed by atoms with E-state index in [0.717, 1.165) is 39.0 Å². The Morgan fingerprint density at radius 1 is 1.12 bits per heavy atom. The third-order valence-electron chi connectivity index (χ3n) is 4.76. The van der Waals surface area contributed by atoms with Gasteiger partial charge >= 0.3 is 0 Å². The average Bonchev–Trinajstić information content (AvgIpc) is 2.61. The Labute approximate surface area is 151 Å². The summed E-state index contributed by atoms with van der Waals surface area (Å²) in [6.45, 7) is 8.19. The maximum absolute atomic E-state index is 12.5. The van der Waals surface area contributed by atoms with Crippen LogP contribution in [0.3, 0.4) is 0 Å². The molecule has 2 rings (SSSR count). The molecule has 2 amide bonds. The van der Waals surface area contributed by atoms with Crippen LogP contribution in [0.4, 0.5) is 0 Å². The molecular weight excluding hydrogens is 314 g/mol. The highest BCUT2D eigenvalue weighted by atomic mass is 16.2. The van der Waals surface area contributed by atoms with Gasteiger partial charge in [0.1, 0.15) is 0 Å². The van der Waals surface area contributed by atoms with Crippen LogP contribution in [0.5, 0.6) is 0 Å². The zero-order valence-electron chi connectivity index (χ0n) is 15.5. The summed E-state index contributed by atoms with van der Waals surface area (Å²) in [5.41, 5.74) is 1.33. The Hall–Kier alpha value is -1.88. The molecule has 1 heterocycles. The first kappa shape index (κ1) is 19.4. The molecule has 5 nitrogen and oxygen atoms in total. The molecule has 0 spiro atoms. The van der Waals surface area contributed by atoms with Crippen molar-refractivity contribution in [3.63, 3.8) is 0 Å². The molecule has 0 saturated carbocycles. The van der Waals surface area contributed by atoms with E-state index in [1.165, 1.54) is 5.56 Å². The van der Waals surface area contributed by atoms with E-state index in [-0.39, 0.29) is 11.8 Å². The minimum atomic E-state index is 0.0665. The van der Waals surface area contributed by atoms with Gasteiger partial charge < -0.3 is 10.2 Å². The molecule has 1 aromatic rings. The molecule has 0 unspecified atom stereocenters. The van der Waals surface area contributed by atoms with Crippen molar-refractivity contribution in [2.24, 2.45) is 5.92 Å². The lowest BCUT2D eigenvalue weighted by Gasteiger charge is -2.34. The Balaban J connectivity index is 1.67. The number of likely N-dealkylation sites (N-methyl/N-ethyl adjacent to an activating group) is 1. The molecule has 0 aliphatic carbocycles. The van der Waals surface area contributed by atoms with Crippen LogP contribution in [-0.2, 0) is 16.0 Å². The SMILES string of the molecule is CCNC(=O)CN1CCN(C(=O)C[C@H](C)CCc2ccccc2)CC1. The number of hydrogen-bond acceptors (Lipinski definition) is 3. The molecule has 1 aliphatic rings. The molecule has 5 heteroatoms. The van der Waals surface area contributed by atoms with Gasteiger partial charge in [-0.3, -0.25) is 14.5 Å². The average molecular weight is 345 g/mol. The second-order valence-electron chi connectivity index (χ2n) is 6.94. The van der Waals surface area contributed by atoms with Gasteiger partial charge in [0.15, 0.2) is 0 Å². The van der Waals surface area contributed by atoms with E-state index in [0.29, 0.717) is 25.4 Å². The minimum absolute atomic E-state index is 0.0665. The highest BCUT2D eigenvalue weighted by molar-refractivity contribution is 5.78. The fraction of sp³-hybridized carbons (Fsp3) is 0.600. The summed E-state index contributed by atoms with van der Waals surface area (Å²) in [5.74, 6) is 0.705. The number of aryl methyl sites for hydroxylation is 1. The minimum Gasteiger partial charge on any atom is -0.355 e. The van der Waals surface area contributed by atoms with E-state index in [4.69, 9.17) is 0 Å². The van der Waals surface area contributed by atoms with Crippen molar-refractivity contribution in [3.8, 4) is 0 Å². The summed E-state index contributed by atoms with van der Waals surface area (Å²) in [7, 11) is 0. The molecular formula is C20H31N3O2. The molecule has 1 atom stereocenters. The molecule has 1 fully saturated rings. The van der Waals surface area contributed by atoms with Gasteiger partial charge in [0.25, 0.3) is 0 Å². The van der Waals surface area contributed by atoms with Gasteiger partial charge in [-0.2, -0.15) is 0 Å². The monoisotopic (exact) mass is 345 g/mol. The fourth-order valence-corrected chi connectivity index (χ4v) is 3.20. The number of carbonyl (C=O) groups is 2. The predicted molar refractivity (Wildman–Crippen MR) is 100 cm³/mol. The number of benzene rings is 1. The summed E-state index contributed by atoms with van der Waals surface area (Å²) in [5, 5.41) is 2.82. The number of amides is 2. The Kier molecular flexibility index (Phi) is 7.92. The summed E-state index contributed by atoms with van der Waals surface area (Å²) in [6.07, 6.45) is 2.67. The predicted octanol–water partition coefficient (Wildman–Crippen LogP) is 1.93. The number of piperazine rings is 1. The van der Waals surface area contributed by atoms with E-state index >= 15 is 0 Å². The molecule has 1 aliphatic heterocycles. The van der Waals surface area contributed by atoms with Crippen LogP contribution in [0.15, 0.2) is 30.3 Å². The van der Waals surface area contributed by atoms with E-state index in [1.807, 2.05) is 17.9 Å². The van der Waals surface area contributed by atoms with Gasteiger partial charge in [-0.1, -0.05) is 37.3 Å². The first-order valence-corrected chi connectivity index (χ1v) is 9.39. The Morgan fingerprint density at radius 3 is 2.44 bits per heavy atom. The van der Waals surface area contributed by atoms with Crippen LogP contribution in [0, 0.1) is 5.92 Å². The fourth-order valence-electron chi connectivity index (χ4n) is 3.20. The number of carbonyl (C=O) groups excluding carboxylic acids is 2. The van der Waals surface area contributed by atoms with E-state index < -0.39 is 0 Å². The molecule has 1 saturated heterocycles. The van der Waals surface area contributed by atoms with Gasteiger partial charge in [0.05, 0.1) is 6.54 Å². The third kappa shape index (κ3) is 6.86. The van der Waals surface area contributed by atoms with Crippen LogP contribution in [-0.4, -0.2) is 60.9 Å². The van der Waals surface area contributed by atoms with E-state index in [2.05, 4.69) is 41.4 Å². The molecule has 0 bridgehead atoms. The summed E-state index contributed by atoms with van der Waals surface area (Å²) in [4.78, 5) is 28.2. The number of nitrogens with one attached hydrogen (secondary N) is 1. The molecule has 138 valence electrons. The number of nitrogens with zero attached hydrogens (tertiary/aromatic N) is 2. The maximum atomic E-state index is 12.5. The van der Waals surface area contributed by atoms with Crippen molar-refractivity contribution in [1.82, 2.24) is 15.1 Å². The third-order valence-corrected chi connectivity index (χ3v) is 4.76. The van der Waals surface area contributed by atoms with Crippen molar-refractivity contribution in [2.45, 2.75) is 33.1 Å². The second-order valence-corrected chi connectivity index (χ2v) is 6.94. The Morgan fingerprint density at radius 2 is 1.80 bits per heavy atom. The number of rotatable bonds is 8. The highest BCUT2D eigenvalue weighted by Gasteiger charge is 2.23. The van der Waals surface area contributed by atoms with Crippen molar-refractivity contribution in [1.29, 1.82) is 0 Å². The lowest BCUT2D eigenvalue weighted by molar-refractivity contribution is -0.134. The summed E-state index contributed by atoms with van der Waals surface area (Å²) in [6, 6.07) is 10.4. The zero-order chi connectivity index (χ0) is 18.1. The second kappa shape index (κ2) is 10.2. The summed E-state index contributed by atoms with van der Waals surface area (Å²) < 4.78 is 0. The van der Waals surface area contributed by atoms with Gasteiger partial charge in [0.2, 0.25) is 11.8 Å². The lowest BCUT2D eigenvalue weighted by Crippen LogP contribution is -2.51. The molecule has 25 heavy (non-hydrogen) atoms. The Bertz CT molecular complexity index is 539. The van der Waals surface area contributed by atoms with Gasteiger partial charge in [-0.05, 0) is 31.2 Å². The largest absolute Gasteiger partial charge is 0.355 e. The van der Waals surface area contributed by atoms with Gasteiger partial charge in [-0.15, -0.1) is 0 Å². The van der Waals surface area contributed by atoms with Crippen molar-refractivity contribution in [2.75, 3.05) is 39.3 Å². The lowest BCUT2D eigenvalue weighted by atomic mass is 9.97. The normalized spacial score (nSPS) is 16.5. The molecule has 0 radical (unpaired) electrons. The van der Waals surface area contributed by atoms with Gasteiger partial charge in [-0.25, -0.2) is 0 Å². The van der Waals surface area contributed by atoms with Crippen LogP contribution < -0.4 is 5.32 Å². The standard InChI is InChI=1S/C20H31N3O2/c1-3-21-19(24)16-22-11-13-23(14-12-22)20(25)15-17(2)9-10-18-7-5-4-6-8-18/h4-8,17H,3,9-16H2,1-2H3,(H,21,24)/t17-/m1/s1. The summed E-state index contributed by atoms with van der Waals surface area (Å²) >= 11 is 0. The van der Waals surface area contributed by atoms with E-state index in [9.17, 15) is 9.59 Å². The molecule has 1 N–H and O–H groups in total. The molecule has 0 aromatic heterocycles. The van der Waals surface area contributed by atoms with Gasteiger partial charge in [0, 0.05) is 39.1 Å². The maximum Gasteiger partial charge on any atom is 0.234 e. The number of hydrogen-bond donors (Lipinski definition) is 1. The van der Waals surface area contributed by atoms with Crippen LogP contribution >= 0.6 is 0 Å². The molecule has 1 aromatic carbocycles. The topological polar surface area (TPSA) is 52.7 Å². The van der Waals surface area contributed by atoms with E-state index in [1.54, 1.807) is 0 Å². The highest BCUT2D eigenvalue weighted by Crippen LogP contribution is 2.15. The van der Waals surface area contributed by atoms with Crippen LogP contribution in [0.25, 0.3) is 0 Å². The van der Waals surface area contributed by atoms with Crippen LogP contribution in [0.1, 0.15) is 32.3 Å². The first-order valence-electron chi connectivity index (χ1n) is 9.39. The zero-order valence-corrected chi connectivity index (χ0v) is 15.5. The van der Waals surface area contributed by atoms with Crippen molar-refractivity contribution >= 4 is 11.8 Å². The quantitative estimate of drug-likeness (QED) is 0.783.